The Kier molecular flexibility index (Phi) is 8.30. The van der Waals surface area contributed by atoms with Gasteiger partial charge >= 0.3 is 0 Å². The minimum Gasteiger partial charge on any atom is -0.489 e. The van der Waals surface area contributed by atoms with Crippen LogP contribution in [0.25, 0.3) is 0 Å². The molecule has 0 heterocycles. The van der Waals surface area contributed by atoms with E-state index in [0.717, 1.165) is 12.0 Å². The highest BCUT2D eigenvalue weighted by molar-refractivity contribution is 5.94. The van der Waals surface area contributed by atoms with Crippen molar-refractivity contribution >= 4 is 24.0 Å². The smallest absolute Gasteiger partial charge is 0.241 e. The zero-order chi connectivity index (χ0) is 16.7. The number of rotatable bonds is 7. The SMILES string of the molecule is CCCC(N)C(=O)Nc1cccc(OCc2cccc(C)c2)c1.Cl. The third kappa shape index (κ3) is 6.22. The van der Waals surface area contributed by atoms with Gasteiger partial charge in [-0.25, -0.2) is 0 Å². The van der Waals surface area contributed by atoms with Crippen LogP contribution in [0.5, 0.6) is 5.75 Å². The molecule has 2 aromatic carbocycles. The maximum atomic E-state index is 12.0. The summed E-state index contributed by atoms with van der Waals surface area (Å²) >= 11 is 0. The van der Waals surface area contributed by atoms with Crippen molar-refractivity contribution in [3.8, 4) is 5.75 Å². The van der Waals surface area contributed by atoms with Gasteiger partial charge in [-0.15, -0.1) is 12.4 Å². The van der Waals surface area contributed by atoms with Gasteiger partial charge in [0.2, 0.25) is 5.91 Å². The predicted molar refractivity (Wildman–Crippen MR) is 101 cm³/mol. The second-order valence-corrected chi connectivity index (χ2v) is 5.69. The Morgan fingerprint density at radius 1 is 1.21 bits per heavy atom. The molecule has 5 heteroatoms. The summed E-state index contributed by atoms with van der Waals surface area (Å²) in [5, 5.41) is 2.83. The first-order valence-electron chi connectivity index (χ1n) is 7.93. The van der Waals surface area contributed by atoms with E-state index < -0.39 is 6.04 Å². The number of ether oxygens (including phenoxy) is 1. The molecule has 1 atom stereocenters. The lowest BCUT2D eigenvalue weighted by atomic mass is 10.1. The van der Waals surface area contributed by atoms with Crippen LogP contribution in [0.15, 0.2) is 48.5 Å². The monoisotopic (exact) mass is 348 g/mol. The molecule has 0 fully saturated rings. The van der Waals surface area contributed by atoms with Crippen LogP contribution in [-0.4, -0.2) is 11.9 Å². The number of benzene rings is 2. The molecule has 0 radical (unpaired) electrons. The number of hydrogen-bond acceptors (Lipinski definition) is 3. The molecule has 3 N–H and O–H groups in total. The lowest BCUT2D eigenvalue weighted by molar-refractivity contribution is -0.117. The summed E-state index contributed by atoms with van der Waals surface area (Å²) in [5.74, 6) is 0.552. The van der Waals surface area contributed by atoms with E-state index >= 15 is 0 Å². The Morgan fingerprint density at radius 3 is 2.67 bits per heavy atom. The van der Waals surface area contributed by atoms with Crippen molar-refractivity contribution in [3.05, 3.63) is 59.7 Å². The van der Waals surface area contributed by atoms with Crippen molar-refractivity contribution in [1.82, 2.24) is 0 Å². The van der Waals surface area contributed by atoms with E-state index in [1.165, 1.54) is 5.56 Å². The summed E-state index contributed by atoms with van der Waals surface area (Å²) < 4.78 is 5.79. The molecule has 0 saturated heterocycles. The third-order valence-electron chi connectivity index (χ3n) is 3.53. The standard InChI is InChI=1S/C19H24N2O2.ClH/c1-3-6-18(20)19(22)21-16-9-5-10-17(12-16)23-13-15-8-4-7-14(2)11-15;/h4-5,7-12,18H,3,6,13,20H2,1-2H3,(H,21,22);1H. The van der Waals surface area contributed by atoms with Gasteiger partial charge in [-0.2, -0.15) is 0 Å². The largest absolute Gasteiger partial charge is 0.489 e. The molecule has 2 rings (SSSR count). The van der Waals surface area contributed by atoms with Gasteiger partial charge in [-0.05, 0) is 31.0 Å². The minimum atomic E-state index is -0.475. The van der Waals surface area contributed by atoms with Crippen LogP contribution >= 0.6 is 12.4 Å². The van der Waals surface area contributed by atoms with Gasteiger partial charge in [0.15, 0.2) is 0 Å². The lowest BCUT2D eigenvalue weighted by Crippen LogP contribution is -2.35. The molecule has 0 aliphatic rings. The Hall–Kier alpha value is -2.04. The Balaban J connectivity index is 0.00000288. The van der Waals surface area contributed by atoms with Crippen LogP contribution in [0.3, 0.4) is 0 Å². The predicted octanol–water partition coefficient (Wildman–Crippen LogP) is 4.06. The van der Waals surface area contributed by atoms with Crippen molar-refractivity contribution in [2.75, 3.05) is 5.32 Å². The lowest BCUT2D eigenvalue weighted by Gasteiger charge is -2.12. The van der Waals surface area contributed by atoms with Crippen LogP contribution in [-0.2, 0) is 11.4 Å². The van der Waals surface area contributed by atoms with Crippen LogP contribution in [0.4, 0.5) is 5.69 Å². The van der Waals surface area contributed by atoms with Gasteiger partial charge in [-0.1, -0.05) is 49.2 Å². The Bertz CT molecular complexity index is 661. The molecule has 2 aromatic rings. The van der Waals surface area contributed by atoms with Gasteiger partial charge < -0.3 is 15.8 Å². The summed E-state index contributed by atoms with van der Waals surface area (Å²) in [6.07, 6.45) is 1.56. The van der Waals surface area contributed by atoms with Crippen molar-refractivity contribution in [2.24, 2.45) is 5.73 Å². The molecule has 24 heavy (non-hydrogen) atoms. The van der Waals surface area contributed by atoms with Crippen LogP contribution in [0.2, 0.25) is 0 Å². The summed E-state index contributed by atoms with van der Waals surface area (Å²) in [4.78, 5) is 12.0. The fourth-order valence-electron chi connectivity index (χ4n) is 2.31. The van der Waals surface area contributed by atoms with Gasteiger partial charge in [0.05, 0.1) is 6.04 Å². The molecule has 0 aliphatic carbocycles. The van der Waals surface area contributed by atoms with E-state index in [0.29, 0.717) is 24.5 Å². The molecule has 0 aliphatic heterocycles. The molecule has 4 nitrogen and oxygen atoms in total. The average molecular weight is 349 g/mol. The van der Waals surface area contributed by atoms with E-state index in [2.05, 4.69) is 24.4 Å². The van der Waals surface area contributed by atoms with E-state index in [1.807, 2.05) is 43.3 Å². The summed E-state index contributed by atoms with van der Waals surface area (Å²) in [6.45, 7) is 4.56. The van der Waals surface area contributed by atoms with Crippen molar-refractivity contribution in [2.45, 2.75) is 39.3 Å². The highest BCUT2D eigenvalue weighted by Crippen LogP contribution is 2.19. The molecule has 1 amide bonds. The number of nitrogens with one attached hydrogen (secondary N) is 1. The van der Waals surface area contributed by atoms with Gasteiger partial charge in [0, 0.05) is 11.8 Å². The molecular weight excluding hydrogens is 324 g/mol. The maximum Gasteiger partial charge on any atom is 0.241 e. The molecule has 1 unspecified atom stereocenters. The van der Waals surface area contributed by atoms with Gasteiger partial charge in [-0.3, -0.25) is 4.79 Å². The first-order valence-corrected chi connectivity index (χ1v) is 7.93. The minimum absolute atomic E-state index is 0. The number of aryl methyl sites for hydroxylation is 1. The van der Waals surface area contributed by atoms with E-state index in [4.69, 9.17) is 10.5 Å². The van der Waals surface area contributed by atoms with Crippen LogP contribution in [0, 0.1) is 6.92 Å². The van der Waals surface area contributed by atoms with Crippen molar-refractivity contribution in [3.63, 3.8) is 0 Å². The normalized spacial score (nSPS) is 11.3. The third-order valence-corrected chi connectivity index (χ3v) is 3.53. The summed E-state index contributed by atoms with van der Waals surface area (Å²) in [6, 6.07) is 15.1. The first-order chi connectivity index (χ1) is 11.1. The quantitative estimate of drug-likeness (QED) is 0.793. The zero-order valence-electron chi connectivity index (χ0n) is 14.1. The fourth-order valence-corrected chi connectivity index (χ4v) is 2.31. The van der Waals surface area contributed by atoms with Gasteiger partial charge in [0.25, 0.3) is 0 Å². The number of anilines is 1. The number of carbonyl (C=O) groups excluding carboxylic acids is 1. The van der Waals surface area contributed by atoms with E-state index in [-0.39, 0.29) is 18.3 Å². The molecule has 0 spiro atoms. The highest BCUT2D eigenvalue weighted by atomic mass is 35.5. The molecule has 130 valence electrons. The summed E-state index contributed by atoms with van der Waals surface area (Å²) in [7, 11) is 0. The summed E-state index contributed by atoms with van der Waals surface area (Å²) in [5.41, 5.74) is 8.84. The second kappa shape index (κ2) is 9.96. The number of hydrogen-bond donors (Lipinski definition) is 2. The maximum absolute atomic E-state index is 12.0. The Morgan fingerprint density at radius 2 is 1.96 bits per heavy atom. The van der Waals surface area contributed by atoms with E-state index in [1.54, 1.807) is 0 Å². The van der Waals surface area contributed by atoms with Crippen molar-refractivity contribution in [1.29, 1.82) is 0 Å². The molecule has 0 bridgehead atoms. The zero-order valence-corrected chi connectivity index (χ0v) is 14.9. The molecular formula is C19H25ClN2O2. The number of amides is 1. The molecule has 0 saturated carbocycles. The first kappa shape index (κ1) is 20.0. The fraction of sp³-hybridized carbons (Fsp3) is 0.316. The number of halogens is 1. The number of carbonyl (C=O) groups is 1. The molecule has 0 aromatic heterocycles. The van der Waals surface area contributed by atoms with Crippen molar-refractivity contribution < 1.29 is 9.53 Å². The number of nitrogens with two attached hydrogens (primary N) is 1. The average Bonchev–Trinajstić information content (AvgIpc) is 2.53. The second-order valence-electron chi connectivity index (χ2n) is 5.69. The Labute approximate surface area is 149 Å². The van der Waals surface area contributed by atoms with E-state index in [9.17, 15) is 4.79 Å². The highest BCUT2D eigenvalue weighted by Gasteiger charge is 2.12. The van der Waals surface area contributed by atoms with Crippen LogP contribution in [0.1, 0.15) is 30.9 Å². The van der Waals surface area contributed by atoms with Crippen LogP contribution < -0.4 is 15.8 Å². The van der Waals surface area contributed by atoms with Gasteiger partial charge in [0.1, 0.15) is 12.4 Å². The topological polar surface area (TPSA) is 64.4 Å².